The van der Waals surface area contributed by atoms with Gasteiger partial charge in [0.25, 0.3) is 11.8 Å². The molecule has 2 amide bonds. The molecule has 1 N–H and O–H groups in total. The third kappa shape index (κ3) is 6.58. The Morgan fingerprint density at radius 2 is 1.83 bits per heavy atom. The van der Waals surface area contributed by atoms with E-state index in [1.165, 1.54) is 16.8 Å². The molecule has 46 heavy (non-hydrogen) atoms. The van der Waals surface area contributed by atoms with Crippen molar-refractivity contribution in [3.63, 3.8) is 0 Å². The van der Waals surface area contributed by atoms with Crippen molar-refractivity contribution in [1.82, 2.24) is 19.7 Å². The summed E-state index contributed by atoms with van der Waals surface area (Å²) in [6, 6.07) is 12.6. The highest BCUT2D eigenvalue weighted by atomic mass is 19.1. The van der Waals surface area contributed by atoms with Gasteiger partial charge in [-0.1, -0.05) is 36.4 Å². The maximum absolute atomic E-state index is 14.2. The lowest BCUT2D eigenvalue weighted by Crippen LogP contribution is -2.50. The van der Waals surface area contributed by atoms with Crippen LogP contribution in [0.3, 0.4) is 0 Å². The summed E-state index contributed by atoms with van der Waals surface area (Å²) in [6.45, 7) is 0.847. The van der Waals surface area contributed by atoms with Gasteiger partial charge in [0.15, 0.2) is 5.69 Å². The van der Waals surface area contributed by atoms with E-state index in [9.17, 15) is 28.0 Å². The second kappa shape index (κ2) is 13.7. The largest absolute Gasteiger partial charge is 0.511 e. The fraction of sp³-hybridized carbons (Fsp3) is 0.375. The molecule has 6 rings (SSSR count). The summed E-state index contributed by atoms with van der Waals surface area (Å²) >= 11 is 0. The topological polar surface area (TPSA) is 129 Å². The molecule has 3 aromatic rings. The Kier molecular flexibility index (Phi) is 9.26. The summed E-state index contributed by atoms with van der Waals surface area (Å²) in [7, 11) is 0. The molecule has 0 spiro atoms. The number of fused-ring (bicyclic) bond motifs is 4. The minimum Gasteiger partial charge on any atom is -0.451 e. The van der Waals surface area contributed by atoms with E-state index in [0.717, 1.165) is 31.0 Å². The average molecular weight is 639 g/mol. The number of amides is 2. The fourth-order valence-corrected chi connectivity index (χ4v) is 6.07. The third-order valence-electron chi connectivity index (χ3n) is 8.27. The molecule has 0 aliphatic carbocycles. The summed E-state index contributed by atoms with van der Waals surface area (Å²) in [5, 5.41) is 2.47. The van der Waals surface area contributed by atoms with Crippen LogP contribution in [0, 0.1) is 11.6 Å². The van der Waals surface area contributed by atoms with E-state index in [-0.39, 0.29) is 55.3 Å². The van der Waals surface area contributed by atoms with Gasteiger partial charge >= 0.3 is 6.16 Å². The second-order valence-corrected chi connectivity index (χ2v) is 11.1. The number of nitrogens with one attached hydrogen (secondary N) is 1. The van der Waals surface area contributed by atoms with Gasteiger partial charge in [-0.2, -0.15) is 0 Å². The van der Waals surface area contributed by atoms with Crippen molar-refractivity contribution < 1.29 is 42.1 Å². The van der Waals surface area contributed by atoms with Gasteiger partial charge < -0.3 is 33.7 Å². The predicted octanol–water partition coefficient (Wildman–Crippen LogP) is 3.02. The van der Waals surface area contributed by atoms with E-state index < -0.39 is 47.6 Å². The summed E-state index contributed by atoms with van der Waals surface area (Å²) in [5.74, 6) is -3.39. The Balaban J connectivity index is 1.14. The van der Waals surface area contributed by atoms with Crippen LogP contribution in [0.5, 0.6) is 5.75 Å². The standard InChI is InChI=1S/C32H32F2N4O8/c33-22-9-8-21(25(34)13-22)14-35-30(40)24-16-36-17-26-37-10-4-7-23(37)15-38(26)31(41)27(36)29(28(24)39)45-19-46-32(42)44-12-11-43-18-20-5-2-1-3-6-20/h1-3,5-6,8-9,13,16,23,26H,4,7,10-12,14-15,17-19H2,(H,35,40)/t23-,26+/m1/s1. The smallest absolute Gasteiger partial charge is 0.451 e. The summed E-state index contributed by atoms with van der Waals surface area (Å²) in [5.41, 5.74) is -0.382. The van der Waals surface area contributed by atoms with Crippen molar-refractivity contribution in [2.75, 3.05) is 33.1 Å². The number of hydrogen-bond acceptors (Lipinski definition) is 9. The van der Waals surface area contributed by atoms with Crippen LogP contribution < -0.4 is 15.5 Å². The maximum atomic E-state index is 14.2. The molecule has 12 nitrogen and oxygen atoms in total. The zero-order valence-corrected chi connectivity index (χ0v) is 24.8. The number of aromatic nitrogens is 1. The molecule has 4 heterocycles. The molecule has 0 saturated carbocycles. The third-order valence-corrected chi connectivity index (χ3v) is 8.27. The SMILES string of the molecule is O=C(OCCOCc1ccccc1)OCOc1c2n(cc(C(=O)NCc3ccc(F)cc3F)c1=O)C[C@@H]1N(C[C@H]3CCCN31)C2=O. The van der Waals surface area contributed by atoms with Crippen molar-refractivity contribution in [2.24, 2.45) is 0 Å². The van der Waals surface area contributed by atoms with E-state index in [1.54, 1.807) is 4.90 Å². The normalized spacial score (nSPS) is 18.5. The summed E-state index contributed by atoms with van der Waals surface area (Å²) in [6.07, 6.45) is 1.89. The molecule has 14 heteroatoms. The molecule has 2 aromatic carbocycles. The number of benzene rings is 2. The van der Waals surface area contributed by atoms with Gasteiger partial charge in [-0.05, 0) is 24.5 Å². The van der Waals surface area contributed by atoms with Crippen LogP contribution in [0.2, 0.25) is 0 Å². The van der Waals surface area contributed by atoms with Crippen molar-refractivity contribution in [3.8, 4) is 5.75 Å². The molecule has 0 bridgehead atoms. The van der Waals surface area contributed by atoms with Gasteiger partial charge in [0.2, 0.25) is 18.0 Å². The van der Waals surface area contributed by atoms with E-state index in [1.807, 2.05) is 30.3 Å². The minimum atomic E-state index is -1.08. The van der Waals surface area contributed by atoms with Crippen LogP contribution in [0.4, 0.5) is 13.6 Å². The van der Waals surface area contributed by atoms with Crippen LogP contribution in [-0.4, -0.2) is 77.6 Å². The number of nitrogens with zero attached hydrogens (tertiary/aromatic N) is 3. The van der Waals surface area contributed by atoms with Gasteiger partial charge in [0, 0.05) is 43.5 Å². The van der Waals surface area contributed by atoms with Crippen molar-refractivity contribution in [3.05, 3.63) is 99.0 Å². The van der Waals surface area contributed by atoms with E-state index in [0.29, 0.717) is 19.2 Å². The number of ether oxygens (including phenoxy) is 4. The lowest BCUT2D eigenvalue weighted by atomic mass is 10.1. The van der Waals surface area contributed by atoms with Gasteiger partial charge in [-0.15, -0.1) is 0 Å². The van der Waals surface area contributed by atoms with Crippen LogP contribution in [-0.2, 0) is 33.9 Å². The first-order valence-electron chi connectivity index (χ1n) is 14.9. The van der Waals surface area contributed by atoms with Gasteiger partial charge in [-0.3, -0.25) is 19.3 Å². The first-order valence-corrected chi connectivity index (χ1v) is 14.9. The Labute approximate surface area is 262 Å². The monoisotopic (exact) mass is 638 g/mol. The zero-order chi connectivity index (χ0) is 32.2. The van der Waals surface area contributed by atoms with Gasteiger partial charge in [0.1, 0.15) is 30.0 Å². The fourth-order valence-electron chi connectivity index (χ4n) is 6.07. The molecule has 2 saturated heterocycles. The van der Waals surface area contributed by atoms with Crippen LogP contribution in [0.15, 0.2) is 59.5 Å². The van der Waals surface area contributed by atoms with E-state index >= 15 is 0 Å². The predicted molar refractivity (Wildman–Crippen MR) is 157 cm³/mol. The van der Waals surface area contributed by atoms with Crippen molar-refractivity contribution in [2.45, 2.75) is 44.7 Å². The highest BCUT2D eigenvalue weighted by Crippen LogP contribution is 2.35. The van der Waals surface area contributed by atoms with Crippen LogP contribution in [0.25, 0.3) is 0 Å². The first kappa shape index (κ1) is 31.2. The molecular weight excluding hydrogens is 606 g/mol. The molecule has 0 unspecified atom stereocenters. The van der Waals surface area contributed by atoms with Crippen LogP contribution in [0.1, 0.15) is 44.8 Å². The van der Waals surface area contributed by atoms with Gasteiger partial charge in [-0.25, -0.2) is 13.6 Å². The Morgan fingerprint density at radius 1 is 1.00 bits per heavy atom. The number of carbonyl (C=O) groups excluding carboxylic acids is 3. The quantitative estimate of drug-likeness (QED) is 0.192. The number of hydrogen-bond donors (Lipinski definition) is 1. The van der Waals surface area contributed by atoms with Gasteiger partial charge in [0.05, 0.1) is 19.8 Å². The highest BCUT2D eigenvalue weighted by Gasteiger charge is 2.48. The molecule has 3 aliphatic heterocycles. The lowest BCUT2D eigenvalue weighted by Gasteiger charge is -2.36. The summed E-state index contributed by atoms with van der Waals surface area (Å²) in [4.78, 5) is 56.5. The van der Waals surface area contributed by atoms with Crippen molar-refractivity contribution in [1.29, 1.82) is 0 Å². The Hall–Kier alpha value is -4.82. The van der Waals surface area contributed by atoms with E-state index in [4.69, 9.17) is 18.9 Å². The summed E-state index contributed by atoms with van der Waals surface area (Å²) < 4.78 is 49.9. The Bertz CT molecular complexity index is 1680. The minimum absolute atomic E-state index is 0.0125. The number of carbonyl (C=O) groups is 3. The van der Waals surface area contributed by atoms with E-state index in [2.05, 4.69) is 10.2 Å². The van der Waals surface area contributed by atoms with Crippen molar-refractivity contribution >= 4 is 18.0 Å². The molecular formula is C32H32F2N4O8. The zero-order valence-electron chi connectivity index (χ0n) is 24.8. The molecule has 2 fully saturated rings. The average Bonchev–Trinajstić information content (AvgIpc) is 3.64. The van der Waals surface area contributed by atoms with Crippen LogP contribution >= 0.6 is 0 Å². The molecule has 2 atom stereocenters. The first-order chi connectivity index (χ1) is 22.3. The number of pyridine rings is 1. The molecule has 1 aromatic heterocycles. The lowest BCUT2D eigenvalue weighted by molar-refractivity contribution is -0.0107. The number of rotatable bonds is 11. The molecule has 3 aliphatic rings. The second-order valence-electron chi connectivity index (χ2n) is 11.1. The molecule has 242 valence electrons. The maximum Gasteiger partial charge on any atom is 0.511 e. The number of halogens is 2. The molecule has 0 radical (unpaired) electrons. The Morgan fingerprint density at radius 3 is 2.63 bits per heavy atom. The highest BCUT2D eigenvalue weighted by molar-refractivity contribution is 5.99.